The highest BCUT2D eigenvalue weighted by Crippen LogP contribution is 2.34. The molecular formula is C13H8Cl2N6S. The van der Waals surface area contributed by atoms with Crippen LogP contribution in [0.1, 0.15) is 0 Å². The Bertz CT molecular complexity index is 986. The lowest BCUT2D eigenvalue weighted by atomic mass is 10.2. The van der Waals surface area contributed by atoms with Gasteiger partial charge in [0.1, 0.15) is 0 Å². The smallest absolute Gasteiger partial charge is 0.235 e. The number of halogens is 2. The van der Waals surface area contributed by atoms with Crippen molar-refractivity contribution >= 4 is 39.5 Å². The molecule has 0 aliphatic carbocycles. The van der Waals surface area contributed by atoms with Crippen molar-refractivity contribution in [2.45, 2.75) is 0 Å². The van der Waals surface area contributed by atoms with Crippen molar-refractivity contribution in [1.29, 1.82) is 0 Å². The molecule has 0 fully saturated rings. The lowest BCUT2D eigenvalue weighted by molar-refractivity contribution is 0.768. The van der Waals surface area contributed by atoms with E-state index < -0.39 is 0 Å². The van der Waals surface area contributed by atoms with Gasteiger partial charge in [-0.05, 0) is 12.1 Å². The second-order valence-electron chi connectivity index (χ2n) is 4.63. The fraction of sp³-hybridized carbons (Fsp3) is 0.0769. The molecule has 0 radical (unpaired) electrons. The van der Waals surface area contributed by atoms with Gasteiger partial charge in [0.05, 0.1) is 21.8 Å². The number of nitrogens with zero attached hydrogens (tertiary/aromatic N) is 6. The molecule has 0 unspecified atom stereocenters. The predicted octanol–water partition coefficient (Wildman–Crippen LogP) is 3.56. The van der Waals surface area contributed by atoms with Crippen LogP contribution < -0.4 is 0 Å². The fourth-order valence-electron chi connectivity index (χ4n) is 2.11. The van der Waals surface area contributed by atoms with Crippen LogP contribution in [0.25, 0.3) is 26.9 Å². The van der Waals surface area contributed by atoms with Gasteiger partial charge >= 0.3 is 0 Å². The Morgan fingerprint density at radius 3 is 2.82 bits per heavy atom. The number of hydrogen-bond acceptors (Lipinski definition) is 5. The van der Waals surface area contributed by atoms with Gasteiger partial charge in [0.2, 0.25) is 4.96 Å². The van der Waals surface area contributed by atoms with Gasteiger partial charge in [-0.1, -0.05) is 40.6 Å². The summed E-state index contributed by atoms with van der Waals surface area (Å²) in [5.41, 5.74) is 1.63. The lowest BCUT2D eigenvalue weighted by Crippen LogP contribution is -1.92. The Morgan fingerprint density at radius 2 is 2.05 bits per heavy atom. The van der Waals surface area contributed by atoms with Crippen LogP contribution >= 0.6 is 34.5 Å². The van der Waals surface area contributed by atoms with Gasteiger partial charge in [0.25, 0.3) is 0 Å². The summed E-state index contributed by atoms with van der Waals surface area (Å²) in [5.74, 6) is 0.564. The highest BCUT2D eigenvalue weighted by Gasteiger charge is 2.17. The molecule has 0 saturated carbocycles. The van der Waals surface area contributed by atoms with Crippen LogP contribution in [0.5, 0.6) is 0 Å². The quantitative estimate of drug-likeness (QED) is 0.554. The Morgan fingerprint density at radius 1 is 1.18 bits per heavy atom. The van der Waals surface area contributed by atoms with Crippen molar-refractivity contribution < 1.29 is 0 Å². The molecule has 0 atom stereocenters. The van der Waals surface area contributed by atoms with Crippen LogP contribution in [0.3, 0.4) is 0 Å². The molecule has 1 aromatic carbocycles. The minimum Gasteiger partial charge on any atom is -0.275 e. The minimum absolute atomic E-state index is 0.439. The second kappa shape index (κ2) is 5.05. The zero-order valence-electron chi connectivity index (χ0n) is 11.2. The van der Waals surface area contributed by atoms with Gasteiger partial charge in [0, 0.05) is 18.8 Å². The maximum atomic E-state index is 6.26. The third kappa shape index (κ3) is 2.09. The summed E-state index contributed by atoms with van der Waals surface area (Å²) < 4.78 is 3.40. The molecule has 0 saturated heterocycles. The summed E-state index contributed by atoms with van der Waals surface area (Å²) in [4.78, 5) is 0.685. The Labute approximate surface area is 138 Å². The molecule has 0 bridgehead atoms. The molecule has 4 aromatic rings. The molecule has 0 N–H and O–H groups in total. The van der Waals surface area contributed by atoms with E-state index >= 15 is 0 Å². The lowest BCUT2D eigenvalue weighted by Gasteiger charge is -2.01. The summed E-state index contributed by atoms with van der Waals surface area (Å²) in [7, 11) is 1.86. The van der Waals surface area contributed by atoms with Crippen LogP contribution in [0.2, 0.25) is 10.0 Å². The SMILES string of the molecule is Cn1cc(-c2nn3c(-c4cccc(Cl)c4Cl)nnc3s2)cn1. The molecule has 22 heavy (non-hydrogen) atoms. The number of hydrogen-bond donors (Lipinski definition) is 0. The fourth-order valence-corrected chi connectivity index (χ4v) is 3.31. The van der Waals surface area contributed by atoms with E-state index in [1.54, 1.807) is 21.5 Å². The zero-order chi connectivity index (χ0) is 15.3. The van der Waals surface area contributed by atoms with Crippen molar-refractivity contribution in [3.8, 4) is 22.0 Å². The molecule has 110 valence electrons. The summed E-state index contributed by atoms with van der Waals surface area (Å²) >= 11 is 13.8. The van der Waals surface area contributed by atoms with Crippen molar-refractivity contribution in [2.75, 3.05) is 0 Å². The van der Waals surface area contributed by atoms with E-state index in [-0.39, 0.29) is 0 Å². The highest BCUT2D eigenvalue weighted by molar-refractivity contribution is 7.19. The summed E-state index contributed by atoms with van der Waals surface area (Å²) in [6, 6.07) is 5.39. The summed E-state index contributed by atoms with van der Waals surface area (Å²) in [6.45, 7) is 0. The number of aromatic nitrogens is 6. The third-order valence-corrected chi connectivity index (χ3v) is 4.90. The Kier molecular flexibility index (Phi) is 3.14. The van der Waals surface area contributed by atoms with Crippen molar-refractivity contribution in [3.05, 3.63) is 40.6 Å². The van der Waals surface area contributed by atoms with Crippen molar-refractivity contribution in [2.24, 2.45) is 7.05 Å². The molecule has 3 aromatic heterocycles. The standard InChI is InChI=1S/C13H8Cl2N6S/c1-20-6-7(5-16-20)12-19-21-11(17-18-13(21)22-12)8-3-2-4-9(14)10(8)15/h2-6H,1H3. The topological polar surface area (TPSA) is 60.9 Å². The average Bonchev–Trinajstić information content (AvgIpc) is 3.17. The van der Waals surface area contributed by atoms with Gasteiger partial charge in [0.15, 0.2) is 10.8 Å². The molecule has 6 nitrogen and oxygen atoms in total. The van der Waals surface area contributed by atoms with E-state index in [1.807, 2.05) is 25.4 Å². The van der Waals surface area contributed by atoms with E-state index in [9.17, 15) is 0 Å². The zero-order valence-corrected chi connectivity index (χ0v) is 13.6. The maximum absolute atomic E-state index is 6.26. The van der Waals surface area contributed by atoms with Crippen LogP contribution in [0, 0.1) is 0 Å². The Balaban J connectivity index is 1.89. The number of benzene rings is 1. The first-order valence-corrected chi connectivity index (χ1v) is 7.86. The van der Waals surface area contributed by atoms with Gasteiger partial charge < -0.3 is 0 Å². The first-order valence-electron chi connectivity index (χ1n) is 6.29. The minimum atomic E-state index is 0.439. The van der Waals surface area contributed by atoms with Crippen molar-refractivity contribution in [1.82, 2.24) is 29.6 Å². The van der Waals surface area contributed by atoms with Gasteiger partial charge in [-0.15, -0.1) is 10.2 Å². The van der Waals surface area contributed by atoms with Crippen molar-refractivity contribution in [3.63, 3.8) is 0 Å². The molecule has 9 heteroatoms. The second-order valence-corrected chi connectivity index (χ2v) is 6.37. The monoisotopic (exact) mass is 350 g/mol. The van der Waals surface area contributed by atoms with E-state index in [1.165, 1.54) is 11.3 Å². The molecule has 0 amide bonds. The third-order valence-electron chi connectivity index (χ3n) is 3.14. The van der Waals surface area contributed by atoms with Crippen LogP contribution in [0.15, 0.2) is 30.6 Å². The first-order chi connectivity index (χ1) is 10.6. The maximum Gasteiger partial charge on any atom is 0.235 e. The summed E-state index contributed by atoms with van der Waals surface area (Å²) in [6.07, 6.45) is 3.66. The number of fused-ring (bicyclic) bond motifs is 1. The van der Waals surface area contributed by atoms with Crippen LogP contribution in [-0.4, -0.2) is 29.6 Å². The summed E-state index contributed by atoms with van der Waals surface area (Å²) in [5, 5.41) is 18.8. The van der Waals surface area contributed by atoms with E-state index in [0.29, 0.717) is 26.4 Å². The average molecular weight is 351 g/mol. The molecule has 0 aliphatic heterocycles. The van der Waals surface area contributed by atoms with Crippen LogP contribution in [-0.2, 0) is 7.05 Å². The molecule has 0 aliphatic rings. The largest absolute Gasteiger partial charge is 0.275 e. The Hall–Kier alpha value is -1.96. The highest BCUT2D eigenvalue weighted by atomic mass is 35.5. The number of aryl methyl sites for hydroxylation is 1. The molecular weight excluding hydrogens is 343 g/mol. The van der Waals surface area contributed by atoms with Gasteiger partial charge in [-0.25, -0.2) is 0 Å². The van der Waals surface area contributed by atoms with E-state index in [2.05, 4.69) is 20.4 Å². The van der Waals surface area contributed by atoms with E-state index in [4.69, 9.17) is 23.2 Å². The molecule has 4 rings (SSSR count). The van der Waals surface area contributed by atoms with Crippen LogP contribution in [0.4, 0.5) is 0 Å². The first kappa shape index (κ1) is 13.7. The predicted molar refractivity (Wildman–Crippen MR) is 86.3 cm³/mol. The molecule has 0 spiro atoms. The normalized spacial score (nSPS) is 11.4. The molecule has 3 heterocycles. The van der Waals surface area contributed by atoms with E-state index in [0.717, 1.165) is 10.6 Å². The van der Waals surface area contributed by atoms with Gasteiger partial charge in [-0.3, -0.25) is 4.68 Å². The van der Waals surface area contributed by atoms with Gasteiger partial charge in [-0.2, -0.15) is 14.7 Å². The number of rotatable bonds is 2.